The van der Waals surface area contributed by atoms with Gasteiger partial charge in [0.2, 0.25) is 0 Å². The molecule has 2 rings (SSSR count). The van der Waals surface area contributed by atoms with Gasteiger partial charge in [-0.15, -0.1) is 23.5 Å². The number of hydrogen-bond acceptors (Lipinski definition) is 2. The lowest BCUT2D eigenvalue weighted by molar-refractivity contribution is 0.484. The molecule has 0 radical (unpaired) electrons. The summed E-state index contributed by atoms with van der Waals surface area (Å²) in [4.78, 5) is 3.68. The van der Waals surface area contributed by atoms with E-state index in [9.17, 15) is 0 Å². The van der Waals surface area contributed by atoms with Crippen molar-refractivity contribution in [2.45, 2.75) is 84.5 Å². The fraction of sp³-hybridized carbons (Fsp3) is 0.895. The smallest absolute Gasteiger partial charge is 0.00716 e. The van der Waals surface area contributed by atoms with Gasteiger partial charge >= 0.3 is 0 Å². The zero-order chi connectivity index (χ0) is 14.9. The third-order valence-electron chi connectivity index (χ3n) is 4.96. The molecule has 1 heterocycles. The van der Waals surface area contributed by atoms with Crippen molar-refractivity contribution in [3.05, 3.63) is 9.81 Å². The molecule has 1 aliphatic heterocycles. The van der Waals surface area contributed by atoms with Crippen LogP contribution in [-0.2, 0) is 0 Å². The summed E-state index contributed by atoms with van der Waals surface area (Å²) in [5.74, 6) is 4.48. The number of hydrogen-bond donors (Lipinski definition) is 0. The van der Waals surface area contributed by atoms with E-state index in [1.807, 2.05) is 9.81 Å². The highest BCUT2D eigenvalue weighted by Gasteiger charge is 2.26. The van der Waals surface area contributed by atoms with Crippen LogP contribution in [0.4, 0.5) is 0 Å². The average Bonchev–Trinajstić information content (AvgIpc) is 2.54. The van der Waals surface area contributed by atoms with Crippen molar-refractivity contribution in [3.8, 4) is 0 Å². The van der Waals surface area contributed by atoms with Crippen molar-refractivity contribution in [1.82, 2.24) is 0 Å². The van der Waals surface area contributed by atoms with E-state index in [0.29, 0.717) is 0 Å². The molecule has 0 saturated heterocycles. The van der Waals surface area contributed by atoms with E-state index >= 15 is 0 Å². The van der Waals surface area contributed by atoms with Gasteiger partial charge in [-0.2, -0.15) is 0 Å². The van der Waals surface area contributed by atoms with E-state index < -0.39 is 0 Å². The topological polar surface area (TPSA) is 0 Å². The molecule has 2 unspecified atom stereocenters. The molecule has 0 bridgehead atoms. The Bertz CT molecular complexity index is 292. The maximum Gasteiger partial charge on any atom is 0.00716 e. The monoisotopic (exact) mass is 326 g/mol. The van der Waals surface area contributed by atoms with Gasteiger partial charge in [0.05, 0.1) is 0 Å². The van der Waals surface area contributed by atoms with E-state index in [0.717, 1.165) is 11.8 Å². The number of rotatable bonds is 4. The van der Waals surface area contributed by atoms with E-state index in [2.05, 4.69) is 37.4 Å². The van der Waals surface area contributed by atoms with E-state index in [1.54, 1.807) is 0 Å². The Morgan fingerprint density at radius 3 is 1.57 bits per heavy atom. The minimum atomic E-state index is 0.889. The minimum absolute atomic E-state index is 0.889. The Balaban J connectivity index is 2.23. The summed E-state index contributed by atoms with van der Waals surface area (Å²) in [7, 11) is 0. The average molecular weight is 327 g/mol. The van der Waals surface area contributed by atoms with Gasteiger partial charge in [-0.25, -0.2) is 0 Å². The maximum atomic E-state index is 2.37. The predicted molar refractivity (Wildman–Crippen MR) is 101 cm³/mol. The summed E-state index contributed by atoms with van der Waals surface area (Å²) >= 11 is 4.46. The molecule has 1 aliphatic carbocycles. The lowest BCUT2D eigenvalue weighted by atomic mass is 9.92. The Labute approximate surface area is 141 Å². The van der Waals surface area contributed by atoms with Gasteiger partial charge in [-0.1, -0.05) is 58.8 Å². The normalized spacial score (nSPS) is 28.9. The van der Waals surface area contributed by atoms with Crippen LogP contribution in [0, 0.1) is 11.8 Å². The van der Waals surface area contributed by atoms with Crippen LogP contribution in [0.5, 0.6) is 0 Å². The zero-order valence-corrected chi connectivity index (χ0v) is 15.8. The van der Waals surface area contributed by atoms with E-state index in [4.69, 9.17) is 0 Å². The van der Waals surface area contributed by atoms with Gasteiger partial charge in [-0.05, 0) is 47.3 Å². The van der Waals surface area contributed by atoms with Crippen molar-refractivity contribution in [3.63, 3.8) is 0 Å². The highest BCUT2D eigenvalue weighted by atomic mass is 32.2. The molecule has 2 aliphatic rings. The first-order valence-corrected chi connectivity index (χ1v) is 11.3. The predicted octanol–water partition coefficient (Wildman–Crippen LogP) is 7.25. The van der Waals surface area contributed by atoms with Crippen LogP contribution in [-0.4, -0.2) is 11.5 Å². The highest BCUT2D eigenvalue weighted by Crippen LogP contribution is 2.47. The molecule has 0 spiro atoms. The van der Waals surface area contributed by atoms with Crippen molar-refractivity contribution < 1.29 is 0 Å². The van der Waals surface area contributed by atoms with E-state index in [1.165, 1.54) is 82.1 Å². The summed E-state index contributed by atoms with van der Waals surface area (Å²) < 4.78 is 0. The zero-order valence-electron chi connectivity index (χ0n) is 14.2. The van der Waals surface area contributed by atoms with Crippen LogP contribution >= 0.6 is 23.5 Å². The Kier molecular flexibility index (Phi) is 8.69. The van der Waals surface area contributed by atoms with Crippen LogP contribution in [0.15, 0.2) is 9.81 Å². The van der Waals surface area contributed by atoms with Gasteiger partial charge in [-0.3, -0.25) is 0 Å². The summed E-state index contributed by atoms with van der Waals surface area (Å²) in [6.07, 6.45) is 15.8. The Morgan fingerprint density at radius 1 is 0.714 bits per heavy atom. The summed E-state index contributed by atoms with van der Waals surface area (Å²) in [6, 6.07) is 0. The summed E-state index contributed by atoms with van der Waals surface area (Å²) in [6.45, 7) is 4.74. The van der Waals surface area contributed by atoms with Crippen LogP contribution in [0.25, 0.3) is 0 Å². The van der Waals surface area contributed by atoms with Crippen LogP contribution in [0.1, 0.15) is 84.5 Å². The SMILES string of the molecule is CCCC1CCCCCCCC(CCC)C2=C1SCCS2. The summed E-state index contributed by atoms with van der Waals surface area (Å²) in [5.41, 5.74) is 0. The lowest BCUT2D eigenvalue weighted by Gasteiger charge is -2.30. The van der Waals surface area contributed by atoms with Crippen molar-refractivity contribution in [1.29, 1.82) is 0 Å². The third-order valence-corrected chi connectivity index (χ3v) is 7.89. The number of thioether (sulfide) groups is 2. The van der Waals surface area contributed by atoms with E-state index in [-0.39, 0.29) is 0 Å². The first kappa shape index (κ1) is 17.8. The van der Waals surface area contributed by atoms with Crippen LogP contribution < -0.4 is 0 Å². The fourth-order valence-electron chi connectivity index (χ4n) is 3.91. The molecule has 0 amide bonds. The fourth-order valence-corrected chi connectivity index (χ4v) is 6.93. The van der Waals surface area contributed by atoms with Gasteiger partial charge in [0.15, 0.2) is 0 Å². The molecule has 0 aromatic carbocycles. The third kappa shape index (κ3) is 5.53. The molecular weight excluding hydrogens is 292 g/mol. The Morgan fingerprint density at radius 2 is 1.14 bits per heavy atom. The highest BCUT2D eigenvalue weighted by molar-refractivity contribution is 8.10. The van der Waals surface area contributed by atoms with Crippen molar-refractivity contribution >= 4 is 23.5 Å². The molecule has 2 heteroatoms. The molecule has 0 fully saturated rings. The molecule has 0 N–H and O–H groups in total. The van der Waals surface area contributed by atoms with Crippen molar-refractivity contribution in [2.75, 3.05) is 11.5 Å². The maximum absolute atomic E-state index is 2.37. The molecule has 2 atom stereocenters. The second-order valence-corrected chi connectivity index (χ2v) is 9.02. The second kappa shape index (κ2) is 10.3. The van der Waals surface area contributed by atoms with Crippen LogP contribution in [0.3, 0.4) is 0 Å². The Hall–Kier alpha value is 0.440. The second-order valence-electron chi connectivity index (χ2n) is 6.74. The van der Waals surface area contributed by atoms with Gasteiger partial charge in [0.1, 0.15) is 0 Å². The van der Waals surface area contributed by atoms with Crippen LogP contribution in [0.2, 0.25) is 0 Å². The molecule has 0 aromatic heterocycles. The van der Waals surface area contributed by atoms with Crippen molar-refractivity contribution in [2.24, 2.45) is 11.8 Å². The first-order valence-electron chi connectivity index (χ1n) is 9.36. The molecule has 122 valence electrons. The standard InChI is InChI=1S/C19H34S2/c1-3-10-16-12-8-6-5-7-9-13-17(11-4-2)19-18(16)20-14-15-21-19/h16-17H,3-15H2,1-2H3. The minimum Gasteiger partial charge on any atom is -0.129 e. The number of allylic oxidation sites excluding steroid dienone is 2. The molecule has 0 aromatic rings. The molecular formula is C19H34S2. The van der Waals surface area contributed by atoms with Gasteiger partial charge < -0.3 is 0 Å². The molecule has 21 heavy (non-hydrogen) atoms. The largest absolute Gasteiger partial charge is 0.129 e. The lowest BCUT2D eigenvalue weighted by Crippen LogP contribution is -2.14. The summed E-state index contributed by atoms with van der Waals surface area (Å²) in [5, 5.41) is 0. The van der Waals surface area contributed by atoms with Gasteiger partial charge in [0, 0.05) is 11.5 Å². The molecule has 0 saturated carbocycles. The van der Waals surface area contributed by atoms with Gasteiger partial charge in [0.25, 0.3) is 0 Å². The molecule has 0 nitrogen and oxygen atoms in total. The first-order chi connectivity index (χ1) is 10.4. The quantitative estimate of drug-likeness (QED) is 0.533.